The van der Waals surface area contributed by atoms with E-state index in [1.165, 1.54) is 6.92 Å². The van der Waals surface area contributed by atoms with Gasteiger partial charge in [-0.05, 0) is 35.4 Å². The summed E-state index contributed by atoms with van der Waals surface area (Å²) in [4.78, 5) is 24.5. The lowest BCUT2D eigenvalue weighted by Gasteiger charge is -2.19. The number of hydrogen-bond donors (Lipinski definition) is 1. The van der Waals surface area contributed by atoms with Gasteiger partial charge in [-0.3, -0.25) is 9.59 Å². The number of alkyl halides is 6. The Morgan fingerprint density at radius 2 is 1.61 bits per heavy atom. The maximum atomic E-state index is 15.0. The molecule has 3 nitrogen and oxygen atoms in total. The molecule has 2 aromatic carbocycles. The molecule has 0 heterocycles. The van der Waals surface area contributed by atoms with Crippen LogP contribution in [-0.2, 0) is 4.79 Å². The number of carbonyl (C=O) groups is 2. The Balaban J connectivity index is 2.34. The molecule has 2 atom stereocenters. The smallest absolute Gasteiger partial charge is 0.347 e. The van der Waals surface area contributed by atoms with Crippen LogP contribution in [0.5, 0.6) is 0 Å². The van der Waals surface area contributed by atoms with Crippen molar-refractivity contribution < 1.29 is 40.3 Å². The Bertz CT molecular complexity index is 1230. The van der Waals surface area contributed by atoms with Crippen LogP contribution < -0.4 is 5.32 Å². The molecule has 0 aromatic heterocycles. The number of Topliss-reactive ketones (excluding diaryl/α,β-unsaturated/α-hetero) is 1. The molecule has 0 aliphatic heterocycles. The van der Waals surface area contributed by atoms with Gasteiger partial charge in [-0.2, -0.15) is 26.3 Å². The van der Waals surface area contributed by atoms with Gasteiger partial charge in [0.25, 0.3) is 0 Å². The quantitative estimate of drug-likeness (QED) is 0.177. The number of rotatable bonds is 9. The summed E-state index contributed by atoms with van der Waals surface area (Å²) in [5, 5.41) is 1.01. The molecule has 1 N–H and O–H groups in total. The summed E-state index contributed by atoms with van der Waals surface area (Å²) in [5.74, 6) is -6.51. The average molecular weight is 605 g/mol. The second kappa shape index (κ2) is 12.5. The third-order valence-corrected chi connectivity index (χ3v) is 6.48. The first kappa shape index (κ1) is 31.7. The van der Waals surface area contributed by atoms with E-state index in [0.717, 1.165) is 36.4 Å². The summed E-state index contributed by atoms with van der Waals surface area (Å²) in [6.45, 7) is 3.19. The molecule has 13 heteroatoms. The molecule has 0 fully saturated rings. The van der Waals surface area contributed by atoms with E-state index in [9.17, 15) is 35.9 Å². The molecular weight excluding hydrogens is 586 g/mol. The molecule has 0 radical (unpaired) electrons. The summed E-state index contributed by atoms with van der Waals surface area (Å²) >= 11 is 17.4. The Hall–Kier alpha value is -2.56. The van der Waals surface area contributed by atoms with Crippen LogP contribution in [0.1, 0.15) is 46.3 Å². The molecular formula is C25H19Cl3F7NO2. The summed E-state index contributed by atoms with van der Waals surface area (Å²) < 4.78 is 93.3. The van der Waals surface area contributed by atoms with E-state index in [0.29, 0.717) is 6.08 Å². The van der Waals surface area contributed by atoms with Crippen LogP contribution in [0.3, 0.4) is 0 Å². The highest BCUT2D eigenvalue weighted by atomic mass is 35.5. The first-order valence-electron chi connectivity index (χ1n) is 10.7. The van der Waals surface area contributed by atoms with Crippen LogP contribution in [0.15, 0.2) is 43.0 Å². The second-order valence-corrected chi connectivity index (χ2v) is 9.39. The number of hydrogen-bond acceptors (Lipinski definition) is 2. The minimum atomic E-state index is -4.93. The molecule has 206 valence electrons. The second-order valence-electron chi connectivity index (χ2n) is 8.20. The maximum absolute atomic E-state index is 15.0. The van der Waals surface area contributed by atoms with Gasteiger partial charge >= 0.3 is 12.4 Å². The molecule has 0 saturated carbocycles. The molecule has 1 unspecified atom stereocenters. The van der Waals surface area contributed by atoms with E-state index >= 15 is 4.39 Å². The number of allylic oxidation sites excluding steroid dienone is 1. The lowest BCUT2D eigenvalue weighted by molar-refractivity contribution is -0.140. The summed E-state index contributed by atoms with van der Waals surface area (Å²) in [6.07, 6.45) is -8.57. The highest BCUT2D eigenvalue weighted by molar-refractivity contribution is 6.48. The number of carbonyl (C=O) groups excluding carboxylic acids is 2. The number of nitrogens with one attached hydrogen (secondary N) is 1. The number of ketones is 1. The normalized spacial score (nSPS) is 14.1. The number of benzene rings is 2. The molecule has 38 heavy (non-hydrogen) atoms. The van der Waals surface area contributed by atoms with Crippen LogP contribution >= 0.6 is 34.8 Å². The molecule has 0 aliphatic rings. The molecule has 2 rings (SSSR count). The average Bonchev–Trinajstić information content (AvgIpc) is 2.82. The maximum Gasteiger partial charge on any atom is 0.405 e. The third-order valence-electron chi connectivity index (χ3n) is 5.28. The first-order chi connectivity index (χ1) is 17.4. The minimum absolute atomic E-state index is 0.0418. The zero-order valence-corrected chi connectivity index (χ0v) is 21.7. The fourth-order valence-electron chi connectivity index (χ4n) is 3.35. The predicted octanol–water partition coefficient (Wildman–Crippen LogP) is 8.83. The van der Waals surface area contributed by atoms with E-state index in [-0.39, 0.29) is 31.8 Å². The van der Waals surface area contributed by atoms with Crippen LogP contribution in [-0.4, -0.2) is 30.6 Å². The van der Waals surface area contributed by atoms with Gasteiger partial charge in [0.1, 0.15) is 18.3 Å². The molecule has 1 amide bonds. The van der Waals surface area contributed by atoms with Crippen molar-refractivity contribution in [1.29, 1.82) is 0 Å². The van der Waals surface area contributed by atoms with E-state index in [2.05, 4.69) is 6.58 Å². The number of halogens is 10. The van der Waals surface area contributed by atoms with Crippen molar-refractivity contribution in [3.8, 4) is 0 Å². The summed E-state index contributed by atoms with van der Waals surface area (Å²) in [6, 6.07) is 5.09. The standard InChI is InChI=1S/C25H19Cl3F7NO2/c1-3-13-7-14(4-5-16(13)21(37)6-12(2)23(38)36-11-24(30,31)32)20(29)10-17(25(33,34)35)15-8-18(26)22(28)19(27)9-15/h3-5,7-10,12,17H,1,6,11H2,2H3,(H,36,38)/b20-10-/t12-,17?/m0/s1. The zero-order chi connectivity index (χ0) is 29.0. The van der Waals surface area contributed by atoms with Gasteiger partial charge in [0.05, 0.1) is 15.1 Å². The third kappa shape index (κ3) is 8.47. The fraction of sp³-hybridized carbons (Fsp3) is 0.280. The topological polar surface area (TPSA) is 46.2 Å². The van der Waals surface area contributed by atoms with E-state index < -0.39 is 60.2 Å². The largest absolute Gasteiger partial charge is 0.405 e. The van der Waals surface area contributed by atoms with Gasteiger partial charge < -0.3 is 5.32 Å². The first-order valence-corrected chi connectivity index (χ1v) is 11.8. The summed E-state index contributed by atoms with van der Waals surface area (Å²) in [7, 11) is 0. The van der Waals surface area contributed by atoms with Crippen molar-refractivity contribution in [2.24, 2.45) is 5.92 Å². The summed E-state index contributed by atoms with van der Waals surface area (Å²) in [5.41, 5.74) is -0.774. The van der Waals surface area contributed by atoms with Crippen LogP contribution in [0, 0.1) is 5.92 Å². The van der Waals surface area contributed by atoms with Gasteiger partial charge in [-0.1, -0.05) is 66.5 Å². The SMILES string of the molecule is C=Cc1cc(/C(F)=C/C(c2cc(Cl)c(Cl)c(Cl)c2)C(F)(F)F)ccc1C(=O)C[C@H](C)C(=O)NCC(F)(F)F. The van der Waals surface area contributed by atoms with Gasteiger partial charge in [0.2, 0.25) is 5.91 Å². The van der Waals surface area contributed by atoms with E-state index in [4.69, 9.17) is 34.8 Å². The van der Waals surface area contributed by atoms with Gasteiger partial charge in [0.15, 0.2) is 5.78 Å². The van der Waals surface area contributed by atoms with Crippen molar-refractivity contribution in [1.82, 2.24) is 5.32 Å². The Labute approximate surface area is 228 Å². The molecule has 0 aliphatic carbocycles. The highest BCUT2D eigenvalue weighted by Gasteiger charge is 2.40. The predicted molar refractivity (Wildman–Crippen MR) is 133 cm³/mol. The van der Waals surface area contributed by atoms with Crippen molar-refractivity contribution >= 4 is 58.4 Å². The van der Waals surface area contributed by atoms with Crippen molar-refractivity contribution in [3.63, 3.8) is 0 Å². The Morgan fingerprint density at radius 1 is 1.03 bits per heavy atom. The van der Waals surface area contributed by atoms with E-state index in [1.807, 2.05) is 0 Å². The highest BCUT2D eigenvalue weighted by Crippen LogP contribution is 2.42. The lowest BCUT2D eigenvalue weighted by atomic mass is 9.93. The fourth-order valence-corrected chi connectivity index (χ4v) is 3.97. The molecule has 2 aromatic rings. The van der Waals surface area contributed by atoms with Crippen LogP contribution in [0.2, 0.25) is 15.1 Å². The Morgan fingerprint density at radius 3 is 2.11 bits per heavy atom. The number of amides is 1. The molecule has 0 bridgehead atoms. The van der Waals surface area contributed by atoms with E-state index in [1.54, 1.807) is 5.32 Å². The van der Waals surface area contributed by atoms with Crippen molar-refractivity contribution in [2.45, 2.75) is 31.6 Å². The van der Waals surface area contributed by atoms with Gasteiger partial charge in [0, 0.05) is 23.5 Å². The van der Waals surface area contributed by atoms with Gasteiger partial charge in [-0.25, -0.2) is 4.39 Å². The lowest BCUT2D eigenvalue weighted by Crippen LogP contribution is -2.37. The Kier molecular flexibility index (Phi) is 10.4. The molecule has 0 saturated heterocycles. The van der Waals surface area contributed by atoms with Gasteiger partial charge in [-0.15, -0.1) is 0 Å². The zero-order valence-electron chi connectivity index (χ0n) is 19.4. The van der Waals surface area contributed by atoms with Crippen molar-refractivity contribution in [3.05, 3.63) is 80.3 Å². The monoisotopic (exact) mass is 603 g/mol. The van der Waals surface area contributed by atoms with Crippen molar-refractivity contribution in [2.75, 3.05) is 6.54 Å². The van der Waals surface area contributed by atoms with Crippen LogP contribution in [0.4, 0.5) is 30.7 Å². The molecule has 0 spiro atoms. The van der Waals surface area contributed by atoms with Crippen LogP contribution in [0.25, 0.3) is 11.9 Å². The minimum Gasteiger partial charge on any atom is -0.347 e.